The summed E-state index contributed by atoms with van der Waals surface area (Å²) < 4.78 is 25.3. The largest absolute Gasteiger partial charge is 0.383 e. The number of hydrogen-bond donors (Lipinski definition) is 2. The van der Waals surface area contributed by atoms with Crippen molar-refractivity contribution in [2.24, 2.45) is 11.8 Å². The highest BCUT2D eigenvalue weighted by Crippen LogP contribution is 2.19. The Hall–Kier alpha value is -2.14. The fraction of sp³-hybridized carbons (Fsp3) is 0.688. The number of likely N-dealkylation sites (N-methyl/N-ethyl adjacent to an activating group) is 1. The number of aromatic amines is 1. The van der Waals surface area contributed by atoms with Crippen LogP contribution >= 0.6 is 0 Å². The third-order valence-electron chi connectivity index (χ3n) is 3.80. The van der Waals surface area contributed by atoms with Crippen molar-refractivity contribution in [1.29, 1.82) is 0 Å². The first-order valence-electron chi connectivity index (χ1n) is 8.59. The molecule has 0 fully saturated rings. The average Bonchev–Trinajstić information content (AvgIpc) is 2.48. The van der Waals surface area contributed by atoms with Crippen LogP contribution in [-0.4, -0.2) is 54.6 Å². The van der Waals surface area contributed by atoms with Gasteiger partial charge in [-0.15, -0.1) is 0 Å². The molecule has 1 heterocycles. The van der Waals surface area contributed by atoms with E-state index in [1.165, 1.54) is 11.6 Å². The second kappa shape index (κ2) is 8.70. The number of sulfonamides is 1. The lowest BCUT2D eigenvalue weighted by Gasteiger charge is -2.27. The Morgan fingerprint density at radius 1 is 1.19 bits per heavy atom. The monoisotopic (exact) mass is 403 g/mol. The van der Waals surface area contributed by atoms with Gasteiger partial charge in [0.25, 0.3) is 5.56 Å². The van der Waals surface area contributed by atoms with Crippen molar-refractivity contribution < 1.29 is 13.2 Å². The van der Waals surface area contributed by atoms with Crippen molar-refractivity contribution in [1.82, 2.24) is 13.9 Å². The highest BCUT2D eigenvalue weighted by Gasteiger charge is 2.27. The first kappa shape index (κ1) is 22.9. The lowest BCUT2D eigenvalue weighted by Crippen LogP contribution is -2.46. The van der Waals surface area contributed by atoms with E-state index in [0.29, 0.717) is 0 Å². The van der Waals surface area contributed by atoms with Gasteiger partial charge in [0.15, 0.2) is 5.69 Å². The number of aromatic nitrogens is 2. The van der Waals surface area contributed by atoms with Crippen molar-refractivity contribution in [3.63, 3.8) is 0 Å². The number of hydrogen-bond acceptors (Lipinski definition) is 6. The Kier molecular flexibility index (Phi) is 7.38. The molecule has 0 saturated carbocycles. The number of carbonyl (C=O) groups excluding carboxylic acids is 1. The predicted molar refractivity (Wildman–Crippen MR) is 105 cm³/mol. The summed E-state index contributed by atoms with van der Waals surface area (Å²) in [7, 11) is -2.31. The number of nitrogen functional groups attached to an aromatic ring is 1. The SMILES string of the molecule is CC(C)CN(C(=O)CN(C)S(C)(=O)=O)c1c(N)n(CC(C)C)c(=O)[nH]c1=O. The van der Waals surface area contributed by atoms with Gasteiger partial charge in [0.05, 0.1) is 12.8 Å². The van der Waals surface area contributed by atoms with E-state index in [-0.39, 0.29) is 36.4 Å². The van der Waals surface area contributed by atoms with Crippen molar-refractivity contribution in [3.8, 4) is 0 Å². The molecular formula is C16H29N5O5S. The zero-order valence-corrected chi connectivity index (χ0v) is 17.5. The minimum absolute atomic E-state index is 0.0261. The van der Waals surface area contributed by atoms with Gasteiger partial charge in [0.2, 0.25) is 15.9 Å². The van der Waals surface area contributed by atoms with Gasteiger partial charge in [-0.1, -0.05) is 27.7 Å². The number of nitrogens with one attached hydrogen (secondary N) is 1. The van der Waals surface area contributed by atoms with E-state index in [1.807, 2.05) is 27.7 Å². The van der Waals surface area contributed by atoms with Crippen LogP contribution in [0.4, 0.5) is 11.5 Å². The number of H-pyrrole nitrogens is 1. The maximum atomic E-state index is 12.8. The summed E-state index contributed by atoms with van der Waals surface area (Å²) in [6.45, 7) is 7.41. The number of nitrogens with zero attached hydrogens (tertiary/aromatic N) is 3. The number of nitrogens with two attached hydrogens (primary N) is 1. The maximum absolute atomic E-state index is 12.8. The van der Waals surface area contributed by atoms with E-state index in [0.717, 1.165) is 15.5 Å². The summed E-state index contributed by atoms with van der Waals surface area (Å²) in [6.07, 6.45) is 0.983. The Bertz CT molecular complexity index is 901. The molecule has 1 aromatic heterocycles. The van der Waals surface area contributed by atoms with Crippen molar-refractivity contribution in [2.75, 3.05) is 37.0 Å². The molecule has 0 atom stereocenters. The molecule has 3 N–H and O–H groups in total. The Balaban J connectivity index is 3.50. The summed E-state index contributed by atoms with van der Waals surface area (Å²) in [5, 5.41) is 0. The summed E-state index contributed by atoms with van der Waals surface area (Å²) in [5.74, 6) is -0.673. The molecule has 0 spiro atoms. The quantitative estimate of drug-likeness (QED) is 0.608. The van der Waals surface area contributed by atoms with Gasteiger partial charge < -0.3 is 10.6 Å². The van der Waals surface area contributed by atoms with Gasteiger partial charge in [0, 0.05) is 20.1 Å². The predicted octanol–water partition coefficient (Wildman–Crippen LogP) is -0.345. The van der Waals surface area contributed by atoms with Gasteiger partial charge in [-0.2, -0.15) is 4.31 Å². The van der Waals surface area contributed by atoms with E-state index >= 15 is 0 Å². The van der Waals surface area contributed by atoms with Gasteiger partial charge in [-0.3, -0.25) is 19.1 Å². The van der Waals surface area contributed by atoms with Crippen molar-refractivity contribution in [3.05, 3.63) is 20.8 Å². The lowest BCUT2D eigenvalue weighted by molar-refractivity contribution is -0.118. The number of amides is 1. The molecule has 0 aliphatic heterocycles. The number of rotatable bonds is 8. The maximum Gasteiger partial charge on any atom is 0.330 e. The minimum atomic E-state index is -3.58. The van der Waals surface area contributed by atoms with Crippen LogP contribution in [0, 0.1) is 11.8 Å². The average molecular weight is 404 g/mol. The van der Waals surface area contributed by atoms with Crippen LogP contribution in [0.15, 0.2) is 9.59 Å². The third-order valence-corrected chi connectivity index (χ3v) is 5.07. The second-order valence-electron chi connectivity index (χ2n) is 7.41. The van der Waals surface area contributed by atoms with Crippen LogP contribution in [0.1, 0.15) is 27.7 Å². The molecule has 1 rings (SSSR count). The molecule has 0 unspecified atom stereocenters. The normalized spacial score (nSPS) is 12.2. The van der Waals surface area contributed by atoms with E-state index in [9.17, 15) is 22.8 Å². The fourth-order valence-corrected chi connectivity index (χ4v) is 2.81. The van der Waals surface area contributed by atoms with E-state index < -0.39 is 33.7 Å². The zero-order valence-electron chi connectivity index (χ0n) is 16.6. The molecule has 11 heteroatoms. The molecule has 0 aliphatic carbocycles. The molecule has 0 aliphatic rings. The van der Waals surface area contributed by atoms with Crippen LogP contribution in [0.5, 0.6) is 0 Å². The lowest BCUT2D eigenvalue weighted by atomic mass is 10.2. The number of carbonyl (C=O) groups is 1. The van der Waals surface area contributed by atoms with Crippen LogP contribution in [0.2, 0.25) is 0 Å². The van der Waals surface area contributed by atoms with Crippen LogP contribution in [0.3, 0.4) is 0 Å². The third kappa shape index (κ3) is 5.93. The van der Waals surface area contributed by atoms with Gasteiger partial charge in [-0.25, -0.2) is 13.2 Å². The van der Waals surface area contributed by atoms with Crippen LogP contribution in [-0.2, 0) is 21.4 Å². The molecule has 0 aromatic carbocycles. The van der Waals surface area contributed by atoms with Crippen LogP contribution in [0.25, 0.3) is 0 Å². The molecule has 0 bridgehead atoms. The molecule has 1 amide bonds. The summed E-state index contributed by atoms with van der Waals surface area (Å²) >= 11 is 0. The standard InChI is InChI=1S/C16H29N5O5S/c1-10(2)7-20(12(22)9-19(5)27(6,25)26)13-14(17)21(8-11(3)4)16(24)18-15(13)23/h10-11H,7-9,17H2,1-6H3,(H,18,23,24). The highest BCUT2D eigenvalue weighted by molar-refractivity contribution is 7.88. The second-order valence-corrected chi connectivity index (χ2v) is 9.50. The topological polar surface area (TPSA) is 139 Å². The zero-order chi connectivity index (χ0) is 21.1. The molecular weight excluding hydrogens is 374 g/mol. The highest BCUT2D eigenvalue weighted by atomic mass is 32.2. The Morgan fingerprint density at radius 3 is 2.19 bits per heavy atom. The summed E-state index contributed by atoms with van der Waals surface area (Å²) in [5.41, 5.74) is 4.50. The fourth-order valence-electron chi connectivity index (χ4n) is 2.46. The first-order chi connectivity index (χ1) is 12.3. The summed E-state index contributed by atoms with van der Waals surface area (Å²) in [4.78, 5) is 40.7. The first-order valence-corrected chi connectivity index (χ1v) is 10.4. The Labute approximate surface area is 159 Å². The minimum Gasteiger partial charge on any atom is -0.383 e. The van der Waals surface area contributed by atoms with Crippen molar-refractivity contribution in [2.45, 2.75) is 34.2 Å². The van der Waals surface area contributed by atoms with E-state index in [4.69, 9.17) is 5.73 Å². The number of anilines is 2. The van der Waals surface area contributed by atoms with E-state index in [1.54, 1.807) is 0 Å². The van der Waals surface area contributed by atoms with Gasteiger partial charge >= 0.3 is 5.69 Å². The molecule has 10 nitrogen and oxygen atoms in total. The molecule has 154 valence electrons. The Morgan fingerprint density at radius 2 is 1.74 bits per heavy atom. The summed E-state index contributed by atoms with van der Waals surface area (Å²) in [6, 6.07) is 0. The van der Waals surface area contributed by atoms with Crippen LogP contribution < -0.4 is 21.9 Å². The van der Waals surface area contributed by atoms with Gasteiger partial charge in [0.1, 0.15) is 5.82 Å². The van der Waals surface area contributed by atoms with E-state index in [2.05, 4.69) is 4.98 Å². The smallest absolute Gasteiger partial charge is 0.330 e. The van der Waals surface area contributed by atoms with Gasteiger partial charge in [-0.05, 0) is 11.8 Å². The van der Waals surface area contributed by atoms with Crippen molar-refractivity contribution >= 4 is 27.4 Å². The molecule has 1 aromatic rings. The molecule has 27 heavy (non-hydrogen) atoms. The molecule has 0 radical (unpaired) electrons. The molecule has 0 saturated heterocycles.